The average Bonchev–Trinajstić information content (AvgIpc) is 3.51. The van der Waals surface area contributed by atoms with E-state index in [2.05, 4.69) is 30.5 Å². The summed E-state index contributed by atoms with van der Waals surface area (Å²) in [5.74, 6) is -0.406. The van der Waals surface area contributed by atoms with Crippen LogP contribution in [0.4, 0.5) is 10.1 Å². The van der Waals surface area contributed by atoms with E-state index in [0.717, 1.165) is 38.9 Å². The van der Waals surface area contributed by atoms with Gasteiger partial charge in [-0.25, -0.2) is 14.4 Å². The highest BCUT2D eigenvalue weighted by Gasteiger charge is 2.17. The molecule has 0 unspecified atom stereocenters. The average molecular weight is 521 g/mol. The number of amides is 1. The summed E-state index contributed by atoms with van der Waals surface area (Å²) in [6.45, 7) is 2.14. The molecule has 0 radical (unpaired) electrons. The summed E-state index contributed by atoms with van der Waals surface area (Å²) in [6, 6.07) is 14.5. The van der Waals surface area contributed by atoms with E-state index in [9.17, 15) is 9.18 Å². The van der Waals surface area contributed by atoms with E-state index in [-0.39, 0.29) is 18.3 Å². The number of halogens is 1. The Bertz CT molecular complexity index is 1840. The molecular weight excluding hydrogens is 495 g/mol. The largest absolute Gasteiger partial charge is 0.338 e. The van der Waals surface area contributed by atoms with Crippen molar-refractivity contribution in [1.82, 2.24) is 35.0 Å². The molecule has 0 fully saturated rings. The predicted octanol–water partition coefficient (Wildman–Crippen LogP) is 5.18. The maximum atomic E-state index is 14.2. The second-order valence-corrected chi connectivity index (χ2v) is 9.73. The number of H-pyrrole nitrogens is 2. The number of carbonyl (C=O) groups is 1. The van der Waals surface area contributed by atoms with Crippen LogP contribution >= 0.6 is 0 Å². The van der Waals surface area contributed by atoms with Crippen molar-refractivity contribution in [3.05, 3.63) is 78.5 Å². The van der Waals surface area contributed by atoms with Gasteiger partial charge in [0, 0.05) is 23.3 Å². The van der Waals surface area contributed by atoms with Crippen molar-refractivity contribution in [2.24, 2.45) is 0 Å². The van der Waals surface area contributed by atoms with Crippen molar-refractivity contribution in [2.75, 3.05) is 26.0 Å². The van der Waals surface area contributed by atoms with Crippen LogP contribution in [0.25, 0.3) is 55.8 Å². The van der Waals surface area contributed by atoms with Gasteiger partial charge in [0.05, 0.1) is 35.3 Å². The summed E-state index contributed by atoms with van der Waals surface area (Å²) in [5, 5.41) is 11.3. The topological polar surface area (TPSA) is 115 Å². The highest BCUT2D eigenvalue weighted by atomic mass is 19.1. The zero-order valence-electron chi connectivity index (χ0n) is 21.6. The van der Waals surface area contributed by atoms with Crippen molar-refractivity contribution in [2.45, 2.75) is 6.92 Å². The van der Waals surface area contributed by atoms with Crippen molar-refractivity contribution < 1.29 is 9.18 Å². The lowest BCUT2D eigenvalue weighted by Gasteiger charge is -2.10. The van der Waals surface area contributed by atoms with Gasteiger partial charge in [0.15, 0.2) is 0 Å². The predicted molar refractivity (Wildman–Crippen MR) is 150 cm³/mol. The molecule has 39 heavy (non-hydrogen) atoms. The number of likely N-dealkylation sites (N-methyl/N-ethyl adjacent to an activating group) is 1. The van der Waals surface area contributed by atoms with Gasteiger partial charge in [0.2, 0.25) is 5.91 Å². The smallest absolute Gasteiger partial charge is 0.238 e. The minimum atomic E-state index is -0.281. The van der Waals surface area contributed by atoms with Crippen LogP contribution in [0.3, 0.4) is 0 Å². The number of aromatic nitrogens is 6. The van der Waals surface area contributed by atoms with E-state index in [0.29, 0.717) is 28.2 Å². The molecule has 0 saturated heterocycles. The van der Waals surface area contributed by atoms with Crippen LogP contribution in [0.2, 0.25) is 0 Å². The van der Waals surface area contributed by atoms with Gasteiger partial charge in [0.25, 0.3) is 0 Å². The summed E-state index contributed by atoms with van der Waals surface area (Å²) in [5.41, 5.74) is 8.01. The van der Waals surface area contributed by atoms with Gasteiger partial charge in [-0.2, -0.15) is 5.10 Å². The molecule has 0 aliphatic rings. The lowest BCUT2D eigenvalue weighted by molar-refractivity contribution is -0.116. The molecule has 0 aliphatic carbocycles. The fourth-order valence-electron chi connectivity index (χ4n) is 4.68. The van der Waals surface area contributed by atoms with Crippen molar-refractivity contribution in [3.63, 3.8) is 0 Å². The van der Waals surface area contributed by atoms with Crippen LogP contribution in [0.15, 0.2) is 67.1 Å². The summed E-state index contributed by atoms with van der Waals surface area (Å²) in [6.07, 6.45) is 5.01. The van der Waals surface area contributed by atoms with E-state index in [1.54, 1.807) is 23.5 Å². The standard InChI is InChI=1S/C29H25FN8O/c1-16-8-17(10-19(30)9-16)21-6-7-32-29-22(21)12-25(35-29)28-27-24(36-37-28)5-4-23(34-27)18-11-20(14-31-13-18)33-26(39)15-38(2)3/h4-14H,15H2,1-3H3,(H,32,35)(H,33,39)(H,36,37). The minimum absolute atomic E-state index is 0.125. The molecule has 0 spiro atoms. The van der Waals surface area contributed by atoms with Crippen LogP contribution in [-0.4, -0.2) is 61.6 Å². The molecule has 5 aromatic heterocycles. The van der Waals surface area contributed by atoms with E-state index in [4.69, 9.17) is 4.98 Å². The van der Waals surface area contributed by atoms with E-state index in [1.165, 1.54) is 12.1 Å². The number of fused-ring (bicyclic) bond motifs is 2. The first-order chi connectivity index (χ1) is 18.8. The van der Waals surface area contributed by atoms with Crippen LogP contribution in [-0.2, 0) is 4.79 Å². The fourth-order valence-corrected chi connectivity index (χ4v) is 4.68. The normalized spacial score (nSPS) is 11.5. The number of nitrogens with zero attached hydrogens (tertiary/aromatic N) is 5. The molecule has 0 bridgehead atoms. The third kappa shape index (κ3) is 4.85. The molecule has 6 aromatic rings. The number of aryl methyl sites for hydroxylation is 1. The zero-order chi connectivity index (χ0) is 27.1. The van der Waals surface area contributed by atoms with Gasteiger partial charge in [-0.1, -0.05) is 6.07 Å². The van der Waals surface area contributed by atoms with Crippen molar-refractivity contribution in [1.29, 1.82) is 0 Å². The Morgan fingerprint density at radius 2 is 1.92 bits per heavy atom. The Balaban J connectivity index is 1.39. The highest BCUT2D eigenvalue weighted by Crippen LogP contribution is 2.34. The summed E-state index contributed by atoms with van der Waals surface area (Å²) in [7, 11) is 3.67. The number of pyridine rings is 3. The fraction of sp³-hybridized carbons (Fsp3) is 0.138. The molecule has 6 rings (SSSR count). The molecule has 194 valence electrons. The third-order valence-corrected chi connectivity index (χ3v) is 6.33. The van der Waals surface area contributed by atoms with Crippen LogP contribution < -0.4 is 5.32 Å². The first-order valence-electron chi connectivity index (χ1n) is 12.3. The molecule has 0 atom stereocenters. The monoisotopic (exact) mass is 520 g/mol. The number of hydrogen-bond acceptors (Lipinski definition) is 6. The molecule has 9 nitrogen and oxygen atoms in total. The first-order valence-corrected chi connectivity index (χ1v) is 12.3. The van der Waals surface area contributed by atoms with Crippen LogP contribution in [0, 0.1) is 12.7 Å². The van der Waals surface area contributed by atoms with Gasteiger partial charge in [-0.15, -0.1) is 0 Å². The lowest BCUT2D eigenvalue weighted by atomic mass is 10.0. The Morgan fingerprint density at radius 1 is 1.05 bits per heavy atom. The molecule has 5 heterocycles. The third-order valence-electron chi connectivity index (χ3n) is 6.33. The molecule has 1 aromatic carbocycles. The number of carbonyl (C=O) groups excluding carboxylic acids is 1. The SMILES string of the molecule is Cc1cc(F)cc(-c2ccnc3[nH]c(-c4n[nH]c5ccc(-c6cncc(NC(=O)CN(C)C)c6)nc45)cc23)c1. The van der Waals surface area contributed by atoms with Gasteiger partial charge < -0.3 is 15.2 Å². The highest BCUT2D eigenvalue weighted by molar-refractivity contribution is 5.99. The maximum Gasteiger partial charge on any atom is 0.238 e. The maximum absolute atomic E-state index is 14.2. The van der Waals surface area contributed by atoms with Gasteiger partial charge >= 0.3 is 0 Å². The lowest BCUT2D eigenvalue weighted by Crippen LogP contribution is -2.27. The minimum Gasteiger partial charge on any atom is -0.338 e. The number of aromatic amines is 2. The number of nitrogens with one attached hydrogen (secondary N) is 3. The first kappa shape index (κ1) is 24.4. The van der Waals surface area contributed by atoms with Crippen molar-refractivity contribution in [3.8, 4) is 33.8 Å². The van der Waals surface area contributed by atoms with Gasteiger partial charge in [0.1, 0.15) is 22.7 Å². The van der Waals surface area contributed by atoms with Crippen LogP contribution in [0.1, 0.15) is 5.56 Å². The molecule has 0 saturated carbocycles. The summed E-state index contributed by atoms with van der Waals surface area (Å²) >= 11 is 0. The molecule has 0 aliphatic heterocycles. The summed E-state index contributed by atoms with van der Waals surface area (Å²) in [4.78, 5) is 31.0. The molecule has 10 heteroatoms. The molecule has 3 N–H and O–H groups in total. The van der Waals surface area contributed by atoms with E-state index < -0.39 is 0 Å². The van der Waals surface area contributed by atoms with Crippen LogP contribution in [0.5, 0.6) is 0 Å². The molecular formula is C29H25FN8O. The Kier molecular flexibility index (Phi) is 6.08. The van der Waals surface area contributed by atoms with Gasteiger partial charge in [-0.3, -0.25) is 14.9 Å². The zero-order valence-corrected chi connectivity index (χ0v) is 21.6. The quantitative estimate of drug-likeness (QED) is 0.279. The number of anilines is 1. The van der Waals surface area contributed by atoms with Gasteiger partial charge in [-0.05, 0) is 80.2 Å². The number of rotatable bonds is 6. The second-order valence-electron chi connectivity index (χ2n) is 9.73. The van der Waals surface area contributed by atoms with Crippen molar-refractivity contribution >= 4 is 33.7 Å². The summed E-state index contributed by atoms with van der Waals surface area (Å²) < 4.78 is 14.2. The number of benzene rings is 1. The number of hydrogen-bond donors (Lipinski definition) is 3. The van der Waals surface area contributed by atoms with E-state index in [1.807, 2.05) is 57.4 Å². The molecule has 1 amide bonds. The Labute approximate surface area is 223 Å². The second kappa shape index (κ2) is 9.73. The Morgan fingerprint density at radius 3 is 2.74 bits per heavy atom. The van der Waals surface area contributed by atoms with E-state index >= 15 is 0 Å². The Hall–Kier alpha value is -4.96.